The molecule has 1 aromatic heterocycles. The Labute approximate surface area is 164 Å². The summed E-state index contributed by atoms with van der Waals surface area (Å²) in [6, 6.07) is 17.6. The van der Waals surface area contributed by atoms with Crippen molar-refractivity contribution < 1.29 is 9.53 Å². The van der Waals surface area contributed by atoms with E-state index in [-0.39, 0.29) is 5.91 Å². The van der Waals surface area contributed by atoms with Crippen molar-refractivity contribution in [3.63, 3.8) is 0 Å². The first-order chi connectivity index (χ1) is 13.6. The van der Waals surface area contributed by atoms with Crippen molar-refractivity contribution in [3.8, 4) is 5.75 Å². The number of aryl methyl sites for hydroxylation is 1. The maximum absolute atomic E-state index is 13.1. The van der Waals surface area contributed by atoms with Crippen molar-refractivity contribution in [2.75, 3.05) is 23.9 Å². The van der Waals surface area contributed by atoms with E-state index in [0.29, 0.717) is 30.4 Å². The fraction of sp³-hybridized carbons (Fsp3) is 0.227. The zero-order chi connectivity index (χ0) is 19.5. The third-order valence-corrected chi connectivity index (χ3v) is 4.82. The summed E-state index contributed by atoms with van der Waals surface area (Å²) in [4.78, 5) is 23.6. The van der Waals surface area contributed by atoms with Gasteiger partial charge in [0.2, 0.25) is 0 Å². The number of carbonyl (C=O) groups excluding carboxylic acids is 1. The van der Waals surface area contributed by atoms with Crippen molar-refractivity contribution in [1.29, 1.82) is 0 Å². The molecule has 6 nitrogen and oxygen atoms in total. The number of rotatable bonds is 5. The molecular weight excluding hydrogens is 352 g/mol. The highest BCUT2D eigenvalue weighted by Crippen LogP contribution is 2.28. The molecule has 0 saturated heterocycles. The van der Waals surface area contributed by atoms with Gasteiger partial charge in [0.25, 0.3) is 5.91 Å². The van der Waals surface area contributed by atoms with Crippen molar-refractivity contribution >= 4 is 17.4 Å². The summed E-state index contributed by atoms with van der Waals surface area (Å²) in [7, 11) is 1.65. The van der Waals surface area contributed by atoms with Gasteiger partial charge in [0, 0.05) is 24.8 Å². The Morgan fingerprint density at radius 2 is 1.93 bits per heavy atom. The fourth-order valence-corrected chi connectivity index (χ4v) is 3.39. The molecule has 142 valence electrons. The lowest BCUT2D eigenvalue weighted by Crippen LogP contribution is -2.30. The number of hydrogen-bond acceptors (Lipinski definition) is 5. The molecule has 0 unspecified atom stereocenters. The number of amides is 1. The van der Waals surface area contributed by atoms with Crippen LogP contribution in [0.4, 0.5) is 11.5 Å². The van der Waals surface area contributed by atoms with Gasteiger partial charge in [0.05, 0.1) is 7.11 Å². The lowest BCUT2D eigenvalue weighted by Gasteiger charge is -2.17. The molecule has 0 spiro atoms. The van der Waals surface area contributed by atoms with Crippen LogP contribution in [-0.4, -0.2) is 29.5 Å². The summed E-state index contributed by atoms with van der Waals surface area (Å²) < 4.78 is 5.18. The highest BCUT2D eigenvalue weighted by molar-refractivity contribution is 6.06. The average Bonchev–Trinajstić information content (AvgIpc) is 3.16. The minimum absolute atomic E-state index is 0.0945. The maximum atomic E-state index is 13.1. The summed E-state index contributed by atoms with van der Waals surface area (Å²) in [5.41, 5.74) is 3.66. The second-order valence-corrected chi connectivity index (χ2v) is 6.72. The number of hydrogen-bond donors (Lipinski definition) is 1. The number of methoxy groups -OCH3 is 1. The summed E-state index contributed by atoms with van der Waals surface area (Å²) in [6.07, 6.45) is 0.870. The molecule has 1 aliphatic rings. The largest absolute Gasteiger partial charge is 0.497 e. The molecule has 1 amide bonds. The first-order valence-electron chi connectivity index (χ1n) is 9.26. The van der Waals surface area contributed by atoms with E-state index in [1.807, 2.05) is 42.5 Å². The van der Waals surface area contributed by atoms with Gasteiger partial charge in [-0.25, -0.2) is 9.97 Å². The smallest absolute Gasteiger partial charge is 0.277 e. The summed E-state index contributed by atoms with van der Waals surface area (Å²) in [5.74, 6) is 1.93. The van der Waals surface area contributed by atoms with Crippen molar-refractivity contribution in [2.24, 2.45) is 0 Å². The average molecular weight is 374 g/mol. The highest BCUT2D eigenvalue weighted by atomic mass is 16.5. The molecule has 6 heteroatoms. The number of anilines is 2. The molecule has 2 aromatic carbocycles. The number of para-hydroxylation sites is 1. The van der Waals surface area contributed by atoms with Crippen molar-refractivity contribution in [3.05, 3.63) is 77.2 Å². The number of fused-ring (bicyclic) bond motifs is 1. The van der Waals surface area contributed by atoms with Crippen molar-refractivity contribution in [1.82, 2.24) is 9.97 Å². The normalized spacial score (nSPS) is 12.6. The predicted molar refractivity (Wildman–Crippen MR) is 109 cm³/mol. The van der Waals surface area contributed by atoms with Crippen LogP contribution in [0.2, 0.25) is 0 Å². The number of aromatic nitrogens is 2. The van der Waals surface area contributed by atoms with Gasteiger partial charge < -0.3 is 15.0 Å². The molecule has 0 bridgehead atoms. The monoisotopic (exact) mass is 374 g/mol. The third-order valence-electron chi connectivity index (χ3n) is 4.82. The third kappa shape index (κ3) is 3.67. The van der Waals surface area contributed by atoms with E-state index in [2.05, 4.69) is 21.4 Å². The number of nitrogens with one attached hydrogen (secondary N) is 1. The number of benzene rings is 2. The molecule has 3 aromatic rings. The molecule has 0 aliphatic carbocycles. The lowest BCUT2D eigenvalue weighted by atomic mass is 10.2. The molecule has 0 fully saturated rings. The van der Waals surface area contributed by atoms with Gasteiger partial charge in [0.1, 0.15) is 23.1 Å². The first-order valence-corrected chi connectivity index (χ1v) is 9.26. The van der Waals surface area contributed by atoms with Gasteiger partial charge in [-0.2, -0.15) is 0 Å². The summed E-state index contributed by atoms with van der Waals surface area (Å²) in [5, 5.41) is 3.28. The van der Waals surface area contributed by atoms with E-state index in [1.54, 1.807) is 25.0 Å². The number of nitrogens with zero attached hydrogens (tertiary/aromatic N) is 3. The molecule has 0 atom stereocenters. The van der Waals surface area contributed by atoms with Gasteiger partial charge in [-0.15, -0.1) is 0 Å². The Morgan fingerprint density at radius 1 is 1.14 bits per heavy atom. The van der Waals surface area contributed by atoms with Gasteiger partial charge in [-0.1, -0.05) is 30.3 Å². The molecular formula is C22H22N4O2. The van der Waals surface area contributed by atoms with Crippen LogP contribution < -0.4 is 15.0 Å². The second-order valence-electron chi connectivity index (χ2n) is 6.72. The fourth-order valence-electron chi connectivity index (χ4n) is 3.39. The van der Waals surface area contributed by atoms with E-state index in [4.69, 9.17) is 4.74 Å². The second kappa shape index (κ2) is 7.68. The summed E-state index contributed by atoms with van der Waals surface area (Å²) in [6.45, 7) is 3.07. The predicted octanol–water partition coefficient (Wildman–Crippen LogP) is 3.61. The Kier molecular flexibility index (Phi) is 4.93. The van der Waals surface area contributed by atoms with E-state index < -0.39 is 0 Å². The van der Waals surface area contributed by atoms with Crippen LogP contribution in [0.5, 0.6) is 5.75 Å². The quantitative estimate of drug-likeness (QED) is 0.739. The van der Waals surface area contributed by atoms with E-state index >= 15 is 0 Å². The van der Waals surface area contributed by atoms with E-state index in [1.165, 1.54) is 5.56 Å². The molecule has 4 rings (SSSR count). The Morgan fingerprint density at radius 3 is 2.71 bits per heavy atom. The minimum atomic E-state index is -0.0945. The van der Waals surface area contributed by atoms with Crippen LogP contribution in [0.1, 0.15) is 27.4 Å². The zero-order valence-electron chi connectivity index (χ0n) is 16.0. The Hall–Kier alpha value is -3.41. The number of ether oxygens (including phenoxy) is 1. The van der Waals surface area contributed by atoms with Gasteiger partial charge in [-0.3, -0.25) is 4.79 Å². The zero-order valence-corrected chi connectivity index (χ0v) is 16.0. The van der Waals surface area contributed by atoms with Crippen LogP contribution >= 0.6 is 0 Å². The SMILES string of the molecule is COc1ccc(CNc2cc(C(=O)N3CCc4ccccc43)nc(C)n2)cc1. The van der Waals surface area contributed by atoms with Crippen LogP contribution in [0, 0.1) is 6.92 Å². The van der Waals surface area contributed by atoms with E-state index in [0.717, 1.165) is 23.4 Å². The molecule has 1 N–H and O–H groups in total. The van der Waals surface area contributed by atoms with Gasteiger partial charge in [-0.05, 0) is 42.7 Å². The van der Waals surface area contributed by atoms with Crippen LogP contribution in [0.3, 0.4) is 0 Å². The van der Waals surface area contributed by atoms with Crippen LogP contribution in [0.15, 0.2) is 54.6 Å². The Balaban J connectivity index is 1.51. The molecule has 28 heavy (non-hydrogen) atoms. The lowest BCUT2D eigenvalue weighted by molar-refractivity contribution is 0.0984. The standard InChI is InChI=1S/C22H22N4O2/c1-15-24-19(22(27)26-12-11-17-5-3-4-6-20(17)26)13-21(25-15)23-14-16-7-9-18(28-2)10-8-16/h3-10,13H,11-12,14H2,1-2H3,(H,23,24,25). The molecule has 0 radical (unpaired) electrons. The summed E-state index contributed by atoms with van der Waals surface area (Å²) >= 11 is 0. The first kappa shape index (κ1) is 18.0. The number of carbonyl (C=O) groups is 1. The van der Waals surface area contributed by atoms with Crippen LogP contribution in [-0.2, 0) is 13.0 Å². The van der Waals surface area contributed by atoms with E-state index in [9.17, 15) is 4.79 Å². The van der Waals surface area contributed by atoms with Crippen molar-refractivity contribution in [2.45, 2.75) is 19.9 Å². The minimum Gasteiger partial charge on any atom is -0.497 e. The van der Waals surface area contributed by atoms with Gasteiger partial charge >= 0.3 is 0 Å². The van der Waals surface area contributed by atoms with Crippen LogP contribution in [0.25, 0.3) is 0 Å². The molecule has 2 heterocycles. The maximum Gasteiger partial charge on any atom is 0.277 e. The molecule has 0 saturated carbocycles. The van der Waals surface area contributed by atoms with Gasteiger partial charge in [0.15, 0.2) is 0 Å². The highest BCUT2D eigenvalue weighted by Gasteiger charge is 2.26. The Bertz CT molecular complexity index is 1000. The topological polar surface area (TPSA) is 67.3 Å². The molecule has 1 aliphatic heterocycles.